The van der Waals surface area contributed by atoms with Gasteiger partial charge in [0.25, 0.3) is 0 Å². The summed E-state index contributed by atoms with van der Waals surface area (Å²) in [4.78, 5) is 16.0. The lowest BCUT2D eigenvalue weighted by Crippen LogP contribution is -2.44. The van der Waals surface area contributed by atoms with Crippen LogP contribution in [0.25, 0.3) is 0 Å². The number of hydrogen-bond acceptors (Lipinski definition) is 3. The quantitative estimate of drug-likeness (QED) is 0.362. The fourth-order valence-corrected chi connectivity index (χ4v) is 2.06. The van der Waals surface area contributed by atoms with E-state index in [1.165, 1.54) is 0 Å². The second-order valence-electron chi connectivity index (χ2n) is 5.51. The number of guanidine groups is 1. The maximum atomic E-state index is 11.8. The summed E-state index contributed by atoms with van der Waals surface area (Å²) < 4.78 is 5.10. The highest BCUT2D eigenvalue weighted by atomic mass is 127. The third kappa shape index (κ3) is 6.64. The molecular formula is C16H25IN4O2. The molecule has 2 atom stereocenters. The van der Waals surface area contributed by atoms with Crippen molar-refractivity contribution in [1.29, 1.82) is 0 Å². The minimum absolute atomic E-state index is 0. The fourth-order valence-electron chi connectivity index (χ4n) is 2.06. The Labute approximate surface area is 154 Å². The molecule has 1 saturated carbocycles. The smallest absolute Gasteiger partial charge is 0.239 e. The van der Waals surface area contributed by atoms with Crippen LogP contribution in [0, 0.1) is 5.92 Å². The third-order valence-electron chi connectivity index (χ3n) is 3.72. The molecule has 0 saturated heterocycles. The predicted molar refractivity (Wildman–Crippen MR) is 102 cm³/mol. The van der Waals surface area contributed by atoms with Crippen LogP contribution in [0.3, 0.4) is 0 Å². The molecule has 3 N–H and O–H groups in total. The number of hydrogen-bond donors (Lipinski definition) is 3. The van der Waals surface area contributed by atoms with E-state index in [0.29, 0.717) is 24.5 Å². The molecule has 0 aromatic heterocycles. The summed E-state index contributed by atoms with van der Waals surface area (Å²) in [6.45, 7) is 2.89. The van der Waals surface area contributed by atoms with Crippen LogP contribution >= 0.6 is 24.0 Å². The van der Waals surface area contributed by atoms with Gasteiger partial charge in [-0.3, -0.25) is 9.79 Å². The zero-order chi connectivity index (χ0) is 15.9. The highest BCUT2D eigenvalue weighted by Crippen LogP contribution is 2.28. The van der Waals surface area contributed by atoms with Gasteiger partial charge in [0.2, 0.25) is 5.91 Å². The van der Waals surface area contributed by atoms with E-state index in [4.69, 9.17) is 4.74 Å². The van der Waals surface area contributed by atoms with Gasteiger partial charge in [-0.15, -0.1) is 24.0 Å². The molecule has 2 rings (SSSR count). The number of amides is 1. The number of ether oxygens (including phenoxy) is 1. The molecule has 1 fully saturated rings. The molecule has 1 aromatic rings. The number of rotatable bonds is 6. The molecule has 1 amide bonds. The monoisotopic (exact) mass is 432 g/mol. The molecule has 1 aromatic carbocycles. The van der Waals surface area contributed by atoms with E-state index in [-0.39, 0.29) is 36.4 Å². The first kappa shape index (κ1) is 19.5. The second kappa shape index (κ2) is 9.59. The summed E-state index contributed by atoms with van der Waals surface area (Å²) in [6, 6.07) is 8.10. The lowest BCUT2D eigenvalue weighted by Gasteiger charge is -2.11. The molecule has 2 unspecified atom stereocenters. The number of benzene rings is 1. The van der Waals surface area contributed by atoms with Gasteiger partial charge in [-0.05, 0) is 30.0 Å². The molecule has 128 valence electrons. The first-order valence-electron chi connectivity index (χ1n) is 7.49. The Morgan fingerprint density at radius 3 is 2.48 bits per heavy atom. The standard InChI is InChI=1S/C16H24N4O2.HI/c1-11-8-14(11)20-16(17-2)19-10-15(21)18-9-12-4-6-13(22-3)7-5-12;/h4-7,11,14H,8-10H2,1-3H3,(H,18,21)(H2,17,19,20);1H. The van der Waals surface area contributed by atoms with E-state index < -0.39 is 0 Å². The molecule has 0 bridgehead atoms. The van der Waals surface area contributed by atoms with Crippen LogP contribution in [0.2, 0.25) is 0 Å². The van der Waals surface area contributed by atoms with Crippen molar-refractivity contribution in [1.82, 2.24) is 16.0 Å². The molecule has 1 aliphatic carbocycles. The highest BCUT2D eigenvalue weighted by molar-refractivity contribution is 14.0. The van der Waals surface area contributed by atoms with Crippen molar-refractivity contribution in [2.24, 2.45) is 10.9 Å². The summed E-state index contributed by atoms with van der Waals surface area (Å²) >= 11 is 0. The van der Waals surface area contributed by atoms with Crippen LogP contribution in [0.15, 0.2) is 29.3 Å². The molecule has 6 nitrogen and oxygen atoms in total. The van der Waals surface area contributed by atoms with Gasteiger partial charge in [-0.1, -0.05) is 19.1 Å². The van der Waals surface area contributed by atoms with Crippen molar-refractivity contribution in [2.45, 2.75) is 25.9 Å². The SMILES string of the molecule is CN=C(NCC(=O)NCc1ccc(OC)cc1)NC1CC1C.I. The Morgan fingerprint density at radius 2 is 1.96 bits per heavy atom. The molecular weight excluding hydrogens is 407 g/mol. The topological polar surface area (TPSA) is 74.8 Å². The van der Waals surface area contributed by atoms with Crippen molar-refractivity contribution in [3.05, 3.63) is 29.8 Å². The Bertz CT molecular complexity index is 533. The van der Waals surface area contributed by atoms with Crippen LogP contribution in [0.5, 0.6) is 5.75 Å². The van der Waals surface area contributed by atoms with Crippen LogP contribution < -0.4 is 20.7 Å². The van der Waals surface area contributed by atoms with E-state index in [1.54, 1.807) is 14.2 Å². The Morgan fingerprint density at radius 1 is 1.30 bits per heavy atom. The fraction of sp³-hybridized carbons (Fsp3) is 0.500. The number of halogens is 1. The van der Waals surface area contributed by atoms with Crippen molar-refractivity contribution in [2.75, 3.05) is 20.7 Å². The van der Waals surface area contributed by atoms with Gasteiger partial charge in [-0.25, -0.2) is 0 Å². The number of nitrogens with zero attached hydrogens (tertiary/aromatic N) is 1. The minimum atomic E-state index is -0.0670. The first-order valence-corrected chi connectivity index (χ1v) is 7.49. The molecule has 0 heterocycles. The van der Waals surface area contributed by atoms with Crippen molar-refractivity contribution >= 4 is 35.8 Å². The molecule has 23 heavy (non-hydrogen) atoms. The van der Waals surface area contributed by atoms with Crippen LogP contribution in [-0.4, -0.2) is 38.6 Å². The molecule has 1 aliphatic rings. The summed E-state index contributed by atoms with van der Waals surface area (Å²) in [5.41, 5.74) is 1.03. The average molecular weight is 432 g/mol. The Balaban J connectivity index is 0.00000264. The lowest BCUT2D eigenvalue weighted by molar-refractivity contribution is -0.120. The van der Waals surface area contributed by atoms with Gasteiger partial charge in [0.15, 0.2) is 5.96 Å². The summed E-state index contributed by atoms with van der Waals surface area (Å²) in [6.07, 6.45) is 1.16. The molecule has 7 heteroatoms. The number of aliphatic imine (C=N–C) groups is 1. The second-order valence-corrected chi connectivity index (χ2v) is 5.51. The molecule has 0 aliphatic heterocycles. The number of nitrogens with one attached hydrogen (secondary N) is 3. The first-order chi connectivity index (χ1) is 10.6. The van der Waals surface area contributed by atoms with Gasteiger partial charge < -0.3 is 20.7 Å². The van der Waals surface area contributed by atoms with Crippen LogP contribution in [0.1, 0.15) is 18.9 Å². The molecule has 0 radical (unpaired) electrons. The van der Waals surface area contributed by atoms with E-state index in [1.807, 2.05) is 24.3 Å². The van der Waals surface area contributed by atoms with Gasteiger partial charge >= 0.3 is 0 Å². The average Bonchev–Trinajstić information content (AvgIpc) is 3.24. The predicted octanol–water partition coefficient (Wildman–Crippen LogP) is 1.50. The lowest BCUT2D eigenvalue weighted by atomic mass is 10.2. The van der Waals surface area contributed by atoms with E-state index >= 15 is 0 Å². The van der Waals surface area contributed by atoms with Gasteiger partial charge in [0, 0.05) is 19.6 Å². The zero-order valence-electron chi connectivity index (χ0n) is 13.8. The summed E-state index contributed by atoms with van der Waals surface area (Å²) in [5, 5.41) is 9.17. The summed E-state index contributed by atoms with van der Waals surface area (Å²) in [5.74, 6) is 2.10. The van der Waals surface area contributed by atoms with Crippen molar-refractivity contribution in [3.63, 3.8) is 0 Å². The number of methoxy groups -OCH3 is 1. The minimum Gasteiger partial charge on any atom is -0.497 e. The number of carbonyl (C=O) groups excluding carboxylic acids is 1. The maximum absolute atomic E-state index is 11.8. The zero-order valence-corrected chi connectivity index (χ0v) is 16.1. The van der Waals surface area contributed by atoms with Gasteiger partial charge in [0.05, 0.1) is 13.7 Å². The van der Waals surface area contributed by atoms with Gasteiger partial charge in [0.1, 0.15) is 5.75 Å². The number of carbonyl (C=O) groups is 1. The van der Waals surface area contributed by atoms with Crippen LogP contribution in [-0.2, 0) is 11.3 Å². The maximum Gasteiger partial charge on any atom is 0.239 e. The Kier molecular flexibility index (Phi) is 8.15. The van der Waals surface area contributed by atoms with Crippen LogP contribution in [0.4, 0.5) is 0 Å². The van der Waals surface area contributed by atoms with Crippen molar-refractivity contribution in [3.8, 4) is 5.75 Å². The molecule has 0 spiro atoms. The van der Waals surface area contributed by atoms with Crippen molar-refractivity contribution < 1.29 is 9.53 Å². The normalized spacial score (nSPS) is 19.3. The third-order valence-corrected chi connectivity index (χ3v) is 3.72. The highest BCUT2D eigenvalue weighted by Gasteiger charge is 2.33. The van der Waals surface area contributed by atoms with E-state index in [2.05, 4.69) is 27.9 Å². The van der Waals surface area contributed by atoms with Gasteiger partial charge in [-0.2, -0.15) is 0 Å². The largest absolute Gasteiger partial charge is 0.497 e. The summed E-state index contributed by atoms with van der Waals surface area (Å²) in [7, 11) is 3.34. The van der Waals surface area contributed by atoms with E-state index in [9.17, 15) is 4.79 Å². The van der Waals surface area contributed by atoms with E-state index in [0.717, 1.165) is 17.7 Å². The Hall–Kier alpha value is -1.51.